The van der Waals surface area contributed by atoms with Gasteiger partial charge in [0.1, 0.15) is 12.4 Å². The highest BCUT2D eigenvalue weighted by atomic mass is 35.5. The van der Waals surface area contributed by atoms with Crippen molar-refractivity contribution in [3.63, 3.8) is 0 Å². The van der Waals surface area contributed by atoms with Gasteiger partial charge in [-0.3, -0.25) is 4.79 Å². The molecule has 1 aromatic heterocycles. The summed E-state index contributed by atoms with van der Waals surface area (Å²) >= 11 is 0. The van der Waals surface area contributed by atoms with Gasteiger partial charge >= 0.3 is 0 Å². The first kappa shape index (κ1) is 26.7. The summed E-state index contributed by atoms with van der Waals surface area (Å²) in [5, 5.41) is 6.66. The second kappa shape index (κ2) is 11.4. The molecule has 2 atom stereocenters. The third-order valence-corrected chi connectivity index (χ3v) is 7.79. The number of nitrogens with zero attached hydrogens (tertiary/aromatic N) is 2. The van der Waals surface area contributed by atoms with Crippen LogP contribution in [0.15, 0.2) is 30.5 Å². The first-order valence-electron chi connectivity index (χ1n) is 12.4. The molecule has 2 saturated heterocycles. The zero-order valence-corrected chi connectivity index (χ0v) is 20.9. The number of aromatic nitrogens is 1. The number of ether oxygens (including phenoxy) is 1. The molecule has 6 nitrogen and oxygen atoms in total. The summed E-state index contributed by atoms with van der Waals surface area (Å²) in [6.07, 6.45) is 6.42. The van der Waals surface area contributed by atoms with Crippen LogP contribution in [0.2, 0.25) is 0 Å². The third kappa shape index (κ3) is 5.95. The highest BCUT2D eigenvalue weighted by Gasteiger charge is 2.42. The predicted molar refractivity (Wildman–Crippen MR) is 132 cm³/mol. The molecule has 10 heteroatoms. The fourth-order valence-corrected chi connectivity index (χ4v) is 5.47. The number of carbonyl (C=O) groups excluding carboxylic acids is 1. The lowest BCUT2D eigenvalue weighted by Gasteiger charge is -2.44. The predicted octanol–water partition coefficient (Wildman–Crippen LogP) is 3.94. The van der Waals surface area contributed by atoms with Crippen LogP contribution in [0.25, 0.3) is 0 Å². The van der Waals surface area contributed by atoms with Crippen LogP contribution in [0.1, 0.15) is 49.1 Å². The Morgan fingerprint density at radius 2 is 1.92 bits per heavy atom. The molecule has 3 heterocycles. The largest absolute Gasteiger partial charge is 0.485 e. The number of hydrogen-bond donors (Lipinski definition) is 2. The summed E-state index contributed by atoms with van der Waals surface area (Å²) < 4.78 is 48.0. The maximum absolute atomic E-state index is 14.6. The molecule has 36 heavy (non-hydrogen) atoms. The smallest absolute Gasteiger partial charge is 0.236 e. The van der Waals surface area contributed by atoms with Crippen molar-refractivity contribution in [2.24, 2.45) is 5.41 Å². The van der Waals surface area contributed by atoms with Crippen LogP contribution in [0, 0.1) is 23.0 Å². The standard InChI is InChI=1S/C26H31F3N4O2.ClH/c27-18-12-20(24(21(28)13-18)35-16-17-2-1-7-31-25(17)29)19-14-22(19)32-15-23(34)33-10-5-26(6-11-33)3-8-30-9-4-26;/h1-2,7,12-13,19,22,30,32H,3-6,8-11,14-16H2;1H/t19-,22+;/m0./s1. The van der Waals surface area contributed by atoms with E-state index in [1.807, 2.05) is 4.90 Å². The Morgan fingerprint density at radius 3 is 2.64 bits per heavy atom. The number of piperidine rings is 2. The van der Waals surface area contributed by atoms with Crippen LogP contribution in [-0.2, 0) is 11.4 Å². The quantitative estimate of drug-likeness (QED) is 0.537. The average Bonchev–Trinajstić information content (AvgIpc) is 3.63. The summed E-state index contributed by atoms with van der Waals surface area (Å²) in [6, 6.07) is 5.02. The van der Waals surface area contributed by atoms with E-state index in [-0.39, 0.29) is 54.7 Å². The van der Waals surface area contributed by atoms with Crippen molar-refractivity contribution in [3.05, 3.63) is 59.2 Å². The first-order valence-corrected chi connectivity index (χ1v) is 12.4. The van der Waals surface area contributed by atoms with Crippen LogP contribution in [-0.4, -0.2) is 54.6 Å². The lowest BCUT2D eigenvalue weighted by Crippen LogP contribution is -2.49. The lowest BCUT2D eigenvalue weighted by molar-refractivity contribution is -0.132. The topological polar surface area (TPSA) is 66.5 Å². The molecule has 1 saturated carbocycles. The number of amides is 1. The van der Waals surface area contributed by atoms with Gasteiger partial charge in [-0.15, -0.1) is 12.4 Å². The number of pyridine rings is 1. The molecule has 1 aliphatic carbocycles. The molecule has 3 fully saturated rings. The minimum Gasteiger partial charge on any atom is -0.485 e. The summed E-state index contributed by atoms with van der Waals surface area (Å²) in [5.74, 6) is -2.41. The van der Waals surface area contributed by atoms with E-state index in [0.717, 1.165) is 45.1 Å². The van der Waals surface area contributed by atoms with E-state index >= 15 is 0 Å². The number of benzene rings is 1. The number of nitrogens with one attached hydrogen (secondary N) is 2. The first-order chi connectivity index (χ1) is 16.9. The number of carbonyl (C=O) groups is 1. The summed E-state index contributed by atoms with van der Waals surface area (Å²) in [7, 11) is 0. The molecule has 3 aliphatic rings. The minimum absolute atomic E-state index is 0. The van der Waals surface area contributed by atoms with Crippen LogP contribution in [0.3, 0.4) is 0 Å². The Hall–Kier alpha value is -2.36. The average molecular weight is 525 g/mol. The molecule has 1 spiro atoms. The Morgan fingerprint density at radius 1 is 1.17 bits per heavy atom. The molecule has 196 valence electrons. The molecule has 2 aromatic rings. The van der Waals surface area contributed by atoms with Crippen molar-refractivity contribution in [2.75, 3.05) is 32.7 Å². The summed E-state index contributed by atoms with van der Waals surface area (Å²) in [6.45, 7) is 3.67. The van der Waals surface area contributed by atoms with Gasteiger partial charge in [-0.1, -0.05) is 0 Å². The summed E-state index contributed by atoms with van der Waals surface area (Å²) in [4.78, 5) is 18.3. The van der Waals surface area contributed by atoms with Gasteiger partial charge in [0.25, 0.3) is 0 Å². The Balaban J connectivity index is 0.00000304. The van der Waals surface area contributed by atoms with Gasteiger partial charge in [0.2, 0.25) is 11.9 Å². The highest BCUT2D eigenvalue weighted by Crippen LogP contribution is 2.46. The molecule has 0 unspecified atom stereocenters. The second-order valence-electron chi connectivity index (χ2n) is 10.0. The zero-order valence-electron chi connectivity index (χ0n) is 20.1. The molecule has 0 radical (unpaired) electrons. The van der Waals surface area contributed by atoms with Crippen LogP contribution >= 0.6 is 12.4 Å². The van der Waals surface area contributed by atoms with Crippen molar-refractivity contribution in [2.45, 2.75) is 50.7 Å². The monoisotopic (exact) mass is 524 g/mol. The lowest BCUT2D eigenvalue weighted by atomic mass is 9.71. The van der Waals surface area contributed by atoms with E-state index in [1.165, 1.54) is 31.2 Å². The van der Waals surface area contributed by atoms with Gasteiger partial charge in [-0.05, 0) is 68.8 Å². The van der Waals surface area contributed by atoms with E-state index in [1.54, 1.807) is 6.07 Å². The van der Waals surface area contributed by atoms with Crippen LogP contribution in [0.5, 0.6) is 5.75 Å². The van der Waals surface area contributed by atoms with Crippen molar-refractivity contribution >= 4 is 18.3 Å². The van der Waals surface area contributed by atoms with E-state index < -0.39 is 17.6 Å². The Labute approximate surface area is 215 Å². The zero-order chi connectivity index (χ0) is 24.4. The third-order valence-electron chi connectivity index (χ3n) is 7.79. The van der Waals surface area contributed by atoms with Gasteiger partial charge in [0.15, 0.2) is 11.6 Å². The molecule has 1 aromatic carbocycles. The normalized spacial score (nSPS) is 22.7. The van der Waals surface area contributed by atoms with Crippen molar-refractivity contribution in [1.82, 2.24) is 20.5 Å². The van der Waals surface area contributed by atoms with Gasteiger partial charge < -0.3 is 20.3 Å². The molecular weight excluding hydrogens is 493 g/mol. The van der Waals surface area contributed by atoms with Crippen molar-refractivity contribution in [3.8, 4) is 5.75 Å². The van der Waals surface area contributed by atoms with Crippen molar-refractivity contribution < 1.29 is 22.7 Å². The van der Waals surface area contributed by atoms with E-state index in [0.29, 0.717) is 17.4 Å². The van der Waals surface area contributed by atoms with Gasteiger partial charge in [0.05, 0.1) is 6.54 Å². The van der Waals surface area contributed by atoms with E-state index in [4.69, 9.17) is 4.74 Å². The number of hydrogen-bond acceptors (Lipinski definition) is 5. The Kier molecular flexibility index (Phi) is 8.42. The Bertz CT molecular complexity index is 1070. The molecule has 2 N–H and O–H groups in total. The number of rotatable bonds is 7. The van der Waals surface area contributed by atoms with Crippen LogP contribution in [0.4, 0.5) is 13.2 Å². The maximum Gasteiger partial charge on any atom is 0.236 e. The molecule has 1 amide bonds. The SMILES string of the molecule is Cl.O=C(CN[C@@H]1C[C@H]1c1cc(F)cc(F)c1OCc1cccnc1F)N1CCC2(CCNCC2)CC1. The fourth-order valence-electron chi connectivity index (χ4n) is 5.47. The van der Waals surface area contributed by atoms with E-state index in [9.17, 15) is 18.0 Å². The van der Waals surface area contributed by atoms with Gasteiger partial charge in [0, 0.05) is 48.4 Å². The summed E-state index contributed by atoms with van der Waals surface area (Å²) in [5.41, 5.74) is 0.960. The highest BCUT2D eigenvalue weighted by molar-refractivity contribution is 5.85. The molecular formula is C26H32ClF3N4O2. The number of halogens is 4. The fraction of sp³-hybridized carbons (Fsp3) is 0.538. The maximum atomic E-state index is 14.6. The minimum atomic E-state index is -0.828. The van der Waals surface area contributed by atoms with Gasteiger partial charge in [-0.2, -0.15) is 4.39 Å². The van der Waals surface area contributed by atoms with E-state index in [2.05, 4.69) is 15.6 Å². The van der Waals surface area contributed by atoms with Gasteiger partial charge in [-0.25, -0.2) is 13.8 Å². The molecule has 2 aliphatic heterocycles. The van der Waals surface area contributed by atoms with Crippen molar-refractivity contribution in [1.29, 1.82) is 0 Å². The molecule has 0 bridgehead atoms. The molecule has 5 rings (SSSR count). The second-order valence-corrected chi connectivity index (χ2v) is 10.0. The van der Waals surface area contributed by atoms with Crippen LogP contribution < -0.4 is 15.4 Å². The number of likely N-dealkylation sites (tertiary alicyclic amines) is 1.